The lowest BCUT2D eigenvalue weighted by Crippen LogP contribution is -2.29. The van der Waals surface area contributed by atoms with Crippen molar-refractivity contribution < 1.29 is 17.9 Å². The quantitative estimate of drug-likeness (QED) is 0.238. The highest BCUT2D eigenvalue weighted by Gasteiger charge is 2.18. The highest BCUT2D eigenvalue weighted by atomic mass is 35.5. The van der Waals surface area contributed by atoms with E-state index >= 15 is 0 Å². The van der Waals surface area contributed by atoms with Crippen molar-refractivity contribution in [1.29, 1.82) is 0 Å². The molecule has 4 rings (SSSR count). The van der Waals surface area contributed by atoms with Gasteiger partial charge in [-0.1, -0.05) is 67.8 Å². The average molecular weight is 553 g/mol. The van der Waals surface area contributed by atoms with Gasteiger partial charge in [0.2, 0.25) is 0 Å². The van der Waals surface area contributed by atoms with Gasteiger partial charge in [0.05, 0.1) is 18.6 Å². The van der Waals surface area contributed by atoms with E-state index in [1.165, 1.54) is 12.1 Å². The van der Waals surface area contributed by atoms with Gasteiger partial charge < -0.3 is 9.30 Å². The van der Waals surface area contributed by atoms with Crippen LogP contribution in [0.15, 0.2) is 66.1 Å². The summed E-state index contributed by atoms with van der Waals surface area (Å²) in [6.07, 6.45) is 4.64. The maximum atomic E-state index is 12.8. The molecule has 0 saturated carbocycles. The van der Waals surface area contributed by atoms with Gasteiger partial charge in [0.25, 0.3) is 15.9 Å². The molecule has 0 aliphatic rings. The van der Waals surface area contributed by atoms with E-state index in [0.717, 1.165) is 30.2 Å². The molecule has 0 bridgehead atoms. The summed E-state index contributed by atoms with van der Waals surface area (Å²) < 4.78 is 34.5. The number of aromatic nitrogens is 3. The molecule has 1 amide bonds. The third-order valence-electron chi connectivity index (χ3n) is 5.86. The SMILES string of the molecule is CCCCCOc1ccc(Cn2c(C)nc3ccc(C(=O)NS(=O)(=O)C=Cc4ccccc4)nc32)c(Cl)c1. The number of amides is 1. The number of nitrogens with zero attached hydrogens (tertiary/aromatic N) is 3. The minimum atomic E-state index is -4.03. The number of rotatable bonds is 11. The first kappa shape index (κ1) is 27.3. The van der Waals surface area contributed by atoms with Crippen LogP contribution in [0.4, 0.5) is 0 Å². The molecule has 0 fully saturated rings. The molecule has 0 unspecified atom stereocenters. The van der Waals surface area contributed by atoms with E-state index in [1.807, 2.05) is 34.4 Å². The van der Waals surface area contributed by atoms with Crippen molar-refractivity contribution in [2.24, 2.45) is 0 Å². The Balaban J connectivity index is 1.51. The summed E-state index contributed by atoms with van der Waals surface area (Å²) in [5.41, 5.74) is 2.51. The van der Waals surface area contributed by atoms with Gasteiger partial charge in [0.15, 0.2) is 5.65 Å². The largest absolute Gasteiger partial charge is 0.494 e. The van der Waals surface area contributed by atoms with Crippen LogP contribution < -0.4 is 9.46 Å². The number of pyridine rings is 1. The van der Waals surface area contributed by atoms with Crippen molar-refractivity contribution in [3.63, 3.8) is 0 Å². The average Bonchev–Trinajstić information content (AvgIpc) is 3.21. The summed E-state index contributed by atoms with van der Waals surface area (Å²) in [5.74, 6) is 0.554. The van der Waals surface area contributed by atoms with Gasteiger partial charge in [-0.15, -0.1) is 0 Å². The van der Waals surface area contributed by atoms with Crippen molar-refractivity contribution in [1.82, 2.24) is 19.3 Å². The lowest BCUT2D eigenvalue weighted by molar-refractivity contribution is 0.0977. The van der Waals surface area contributed by atoms with E-state index < -0.39 is 15.9 Å². The molecule has 0 saturated heterocycles. The van der Waals surface area contributed by atoms with E-state index in [2.05, 4.69) is 16.9 Å². The van der Waals surface area contributed by atoms with Crippen LogP contribution in [0.5, 0.6) is 5.75 Å². The number of benzene rings is 2. The highest BCUT2D eigenvalue weighted by molar-refractivity contribution is 7.93. The Kier molecular flexibility index (Phi) is 8.81. The molecule has 8 nitrogen and oxygen atoms in total. The molecule has 0 radical (unpaired) electrons. The fraction of sp³-hybridized carbons (Fsp3) is 0.250. The van der Waals surface area contributed by atoms with Crippen LogP contribution in [0.25, 0.3) is 17.2 Å². The number of ether oxygens (including phenoxy) is 1. The lowest BCUT2D eigenvalue weighted by Gasteiger charge is -2.11. The number of imidazole rings is 1. The molecule has 0 aliphatic carbocycles. The third kappa shape index (κ3) is 6.99. The summed E-state index contributed by atoms with van der Waals surface area (Å²) >= 11 is 6.55. The van der Waals surface area contributed by atoms with Crippen LogP contribution in [0.2, 0.25) is 5.02 Å². The number of fused-ring (bicyclic) bond motifs is 1. The molecular formula is C28H29ClN4O4S. The van der Waals surface area contributed by atoms with Gasteiger partial charge in [0, 0.05) is 5.02 Å². The first-order valence-corrected chi connectivity index (χ1v) is 14.2. The molecular weight excluding hydrogens is 524 g/mol. The van der Waals surface area contributed by atoms with E-state index in [1.54, 1.807) is 36.4 Å². The van der Waals surface area contributed by atoms with Gasteiger partial charge in [-0.25, -0.2) is 23.1 Å². The molecule has 4 aromatic rings. The van der Waals surface area contributed by atoms with Crippen LogP contribution in [0.3, 0.4) is 0 Å². The Morgan fingerprint density at radius 2 is 1.87 bits per heavy atom. The number of hydrogen-bond donors (Lipinski definition) is 1. The molecule has 0 aliphatic heterocycles. The van der Waals surface area contributed by atoms with Crippen molar-refractivity contribution in [2.45, 2.75) is 39.7 Å². The summed E-state index contributed by atoms with van der Waals surface area (Å²) in [7, 11) is -4.03. The maximum Gasteiger partial charge on any atom is 0.283 e. The van der Waals surface area contributed by atoms with Crippen LogP contribution in [-0.2, 0) is 16.6 Å². The second-order valence-electron chi connectivity index (χ2n) is 8.78. The Hall–Kier alpha value is -3.69. The van der Waals surface area contributed by atoms with Crippen molar-refractivity contribution in [3.05, 3.63) is 93.7 Å². The smallest absolute Gasteiger partial charge is 0.283 e. The molecule has 1 N–H and O–H groups in total. The Bertz CT molecular complexity index is 1570. The summed E-state index contributed by atoms with van der Waals surface area (Å²) in [6.45, 7) is 4.98. The molecule has 0 atom stereocenters. The minimum Gasteiger partial charge on any atom is -0.494 e. The van der Waals surface area contributed by atoms with Crippen LogP contribution >= 0.6 is 11.6 Å². The third-order valence-corrected chi connectivity index (χ3v) is 7.18. The standard InChI is InChI=1S/C28H29ClN4O4S/c1-3-4-8-16-37-23-12-11-22(24(29)18-23)19-33-20(2)30-25-13-14-26(31-27(25)33)28(34)32-38(35,36)17-15-21-9-6-5-7-10-21/h5-7,9-15,17-18H,3-4,8,16,19H2,1-2H3,(H,32,34). The Morgan fingerprint density at radius 3 is 2.61 bits per heavy atom. The van der Waals surface area contributed by atoms with E-state index in [9.17, 15) is 13.2 Å². The predicted octanol–water partition coefficient (Wildman–Crippen LogP) is 5.74. The Labute approximate surface area is 227 Å². The molecule has 10 heteroatoms. The first-order valence-electron chi connectivity index (χ1n) is 12.3. The van der Waals surface area contributed by atoms with Crippen LogP contribution in [-0.4, -0.2) is 35.5 Å². The minimum absolute atomic E-state index is 0.0442. The van der Waals surface area contributed by atoms with Crippen molar-refractivity contribution in [2.75, 3.05) is 6.61 Å². The zero-order chi connectivity index (χ0) is 27.1. The number of carbonyl (C=O) groups is 1. The molecule has 2 heterocycles. The second-order valence-corrected chi connectivity index (χ2v) is 10.8. The van der Waals surface area contributed by atoms with E-state index in [4.69, 9.17) is 16.3 Å². The topological polar surface area (TPSA) is 103 Å². The molecule has 2 aromatic carbocycles. The predicted molar refractivity (Wildman–Crippen MR) is 150 cm³/mol. The summed E-state index contributed by atoms with van der Waals surface area (Å²) in [5, 5.41) is 1.50. The zero-order valence-corrected chi connectivity index (χ0v) is 22.8. The van der Waals surface area contributed by atoms with Crippen LogP contribution in [0, 0.1) is 6.92 Å². The zero-order valence-electron chi connectivity index (χ0n) is 21.2. The molecule has 2 aromatic heterocycles. The number of nitrogens with one attached hydrogen (secondary N) is 1. The highest BCUT2D eigenvalue weighted by Crippen LogP contribution is 2.25. The fourth-order valence-corrected chi connectivity index (χ4v) is 4.83. The van der Waals surface area contributed by atoms with Gasteiger partial charge in [-0.3, -0.25) is 4.79 Å². The fourth-order valence-electron chi connectivity index (χ4n) is 3.84. The normalized spacial score (nSPS) is 11.8. The van der Waals surface area contributed by atoms with E-state index in [-0.39, 0.29) is 5.69 Å². The van der Waals surface area contributed by atoms with Gasteiger partial charge >= 0.3 is 0 Å². The number of hydrogen-bond acceptors (Lipinski definition) is 6. The number of carbonyl (C=O) groups excluding carboxylic acids is 1. The maximum absolute atomic E-state index is 12.8. The molecule has 198 valence electrons. The Morgan fingerprint density at radius 1 is 1.08 bits per heavy atom. The van der Waals surface area contributed by atoms with Gasteiger partial charge in [-0.05, 0) is 54.8 Å². The van der Waals surface area contributed by atoms with Gasteiger partial charge in [0.1, 0.15) is 22.8 Å². The monoisotopic (exact) mass is 552 g/mol. The summed E-state index contributed by atoms with van der Waals surface area (Å²) in [6, 6.07) is 17.6. The number of aryl methyl sites for hydroxylation is 1. The van der Waals surface area contributed by atoms with Crippen molar-refractivity contribution >= 4 is 44.8 Å². The first-order chi connectivity index (χ1) is 18.3. The van der Waals surface area contributed by atoms with Crippen LogP contribution in [0.1, 0.15) is 53.6 Å². The molecule has 38 heavy (non-hydrogen) atoms. The number of sulfonamides is 1. The molecule has 0 spiro atoms. The second kappa shape index (κ2) is 12.2. The van der Waals surface area contributed by atoms with E-state index in [0.29, 0.717) is 46.5 Å². The lowest BCUT2D eigenvalue weighted by atomic mass is 10.2. The number of unbranched alkanes of at least 4 members (excludes halogenated alkanes) is 2. The van der Waals surface area contributed by atoms with Gasteiger partial charge in [-0.2, -0.15) is 0 Å². The summed E-state index contributed by atoms with van der Waals surface area (Å²) in [4.78, 5) is 21.7. The van der Waals surface area contributed by atoms with Crippen molar-refractivity contribution in [3.8, 4) is 5.75 Å². The number of halogens is 1.